The molecule has 1 aromatic rings. The molecule has 0 aliphatic carbocycles. The van der Waals surface area contributed by atoms with E-state index in [-0.39, 0.29) is 0 Å². The molecule has 0 radical (unpaired) electrons. The second kappa shape index (κ2) is 14.4. The Morgan fingerprint density at radius 3 is 2.11 bits per heavy atom. The molecule has 0 saturated carbocycles. The van der Waals surface area contributed by atoms with Gasteiger partial charge in [0.25, 0.3) is 0 Å². The van der Waals surface area contributed by atoms with Crippen molar-refractivity contribution >= 4 is 33.8 Å². The van der Waals surface area contributed by atoms with Gasteiger partial charge in [0.2, 0.25) is 0 Å². The molecule has 0 amide bonds. The van der Waals surface area contributed by atoms with Crippen LogP contribution in [0.3, 0.4) is 0 Å². The molecule has 1 rings (SSSR count). The smallest absolute Gasteiger partial charge is 0.153 e. The number of ether oxygens (including phenoxy) is 1. The van der Waals surface area contributed by atoms with Crippen LogP contribution >= 0.6 is 27.5 Å². The first-order valence-corrected chi connectivity index (χ1v) is 12.0. The summed E-state index contributed by atoms with van der Waals surface area (Å²) in [6, 6.07) is 3.39. The molecule has 5 heteroatoms. The summed E-state index contributed by atoms with van der Waals surface area (Å²) in [4.78, 5) is 11.2. The Bertz CT molecular complexity index is 578. The van der Waals surface area contributed by atoms with Crippen LogP contribution in [-0.2, 0) is 0 Å². The first-order valence-electron chi connectivity index (χ1n) is 10.8. The van der Waals surface area contributed by atoms with E-state index < -0.39 is 0 Å². The van der Waals surface area contributed by atoms with Gasteiger partial charge < -0.3 is 9.22 Å². The quantitative estimate of drug-likeness (QED) is 0.142. The van der Waals surface area contributed by atoms with Crippen LogP contribution in [0.25, 0.3) is 0 Å². The number of nitrogens with zero attached hydrogens (tertiary/aromatic N) is 1. The summed E-state index contributed by atoms with van der Waals surface area (Å²) in [5, 5.41) is 0.526. The van der Waals surface area contributed by atoms with E-state index in [0.29, 0.717) is 22.9 Å². The predicted octanol–water partition coefficient (Wildman–Crippen LogP) is 7.29. The molecule has 0 aromatic heterocycles. The average molecular weight is 476 g/mol. The second-order valence-electron chi connectivity index (χ2n) is 8.34. The molecule has 0 saturated heterocycles. The summed E-state index contributed by atoms with van der Waals surface area (Å²) in [5.41, 5.74) is 0.486. The Morgan fingerprint density at radius 1 is 0.964 bits per heavy atom. The lowest BCUT2D eigenvalue weighted by atomic mass is 10.1. The van der Waals surface area contributed by atoms with Crippen molar-refractivity contribution in [2.45, 2.75) is 71.1 Å². The number of carbonyl (C=O) groups excluding carboxylic acids is 1. The van der Waals surface area contributed by atoms with E-state index >= 15 is 0 Å². The molecule has 160 valence electrons. The monoisotopic (exact) mass is 474 g/mol. The number of carbonyl (C=O) groups is 1. The summed E-state index contributed by atoms with van der Waals surface area (Å²) in [6.07, 6.45) is 14.4. The highest BCUT2D eigenvalue weighted by molar-refractivity contribution is 9.10. The SMILES string of the molecule is CCCCCCCCCCCC[N+](C)(C)CCOc1c(Br)cc(Cl)cc1C=O. The highest BCUT2D eigenvalue weighted by Crippen LogP contribution is 2.31. The molecule has 0 bridgehead atoms. The van der Waals surface area contributed by atoms with Crippen LogP contribution in [0.5, 0.6) is 5.75 Å². The molecule has 1 aromatic carbocycles. The number of quaternary nitrogens is 1. The molecule has 0 heterocycles. The zero-order chi connectivity index (χ0) is 20.8. The van der Waals surface area contributed by atoms with Gasteiger partial charge >= 0.3 is 0 Å². The van der Waals surface area contributed by atoms with E-state index in [2.05, 4.69) is 36.9 Å². The van der Waals surface area contributed by atoms with Gasteiger partial charge in [-0.3, -0.25) is 4.79 Å². The molecular formula is C23H38BrClNO2+. The molecule has 0 aliphatic rings. The van der Waals surface area contributed by atoms with Crippen molar-refractivity contribution in [3.05, 3.63) is 27.2 Å². The minimum atomic E-state index is 0.486. The van der Waals surface area contributed by atoms with Crippen molar-refractivity contribution < 1.29 is 14.0 Å². The Labute approximate surface area is 185 Å². The van der Waals surface area contributed by atoms with Crippen LogP contribution in [0.4, 0.5) is 0 Å². The molecule has 0 N–H and O–H groups in total. The molecule has 0 fully saturated rings. The van der Waals surface area contributed by atoms with Crippen molar-refractivity contribution in [2.24, 2.45) is 0 Å². The van der Waals surface area contributed by atoms with Gasteiger partial charge in [-0.1, -0.05) is 69.9 Å². The Balaban J connectivity index is 2.19. The predicted molar refractivity (Wildman–Crippen MR) is 124 cm³/mol. The highest BCUT2D eigenvalue weighted by Gasteiger charge is 2.16. The first kappa shape index (κ1) is 25.5. The van der Waals surface area contributed by atoms with E-state index in [0.717, 1.165) is 28.3 Å². The maximum atomic E-state index is 11.2. The molecule has 3 nitrogen and oxygen atoms in total. The summed E-state index contributed by atoms with van der Waals surface area (Å²) >= 11 is 9.43. The van der Waals surface area contributed by atoms with Crippen molar-refractivity contribution in [3.8, 4) is 5.75 Å². The van der Waals surface area contributed by atoms with Gasteiger partial charge in [-0.2, -0.15) is 0 Å². The number of rotatable bonds is 16. The van der Waals surface area contributed by atoms with E-state index in [9.17, 15) is 4.79 Å². The maximum Gasteiger partial charge on any atom is 0.153 e. The van der Waals surface area contributed by atoms with Crippen molar-refractivity contribution in [1.29, 1.82) is 0 Å². The third-order valence-corrected chi connectivity index (χ3v) is 6.03. The molecule has 0 unspecified atom stereocenters. The van der Waals surface area contributed by atoms with Crippen molar-refractivity contribution in [3.63, 3.8) is 0 Å². The summed E-state index contributed by atoms with van der Waals surface area (Å²) < 4.78 is 7.55. The number of hydrogen-bond acceptors (Lipinski definition) is 2. The Morgan fingerprint density at radius 2 is 1.54 bits per heavy atom. The van der Waals surface area contributed by atoms with Crippen LogP contribution < -0.4 is 4.74 Å². The minimum Gasteiger partial charge on any atom is -0.486 e. The fraction of sp³-hybridized carbons (Fsp3) is 0.696. The number of benzene rings is 1. The summed E-state index contributed by atoms with van der Waals surface area (Å²) in [7, 11) is 4.49. The van der Waals surface area contributed by atoms with E-state index in [1.807, 2.05) is 0 Å². The van der Waals surface area contributed by atoms with Gasteiger partial charge in [0.1, 0.15) is 18.9 Å². The lowest BCUT2D eigenvalue weighted by molar-refractivity contribution is -0.890. The number of unbranched alkanes of at least 4 members (excludes halogenated alkanes) is 9. The average Bonchev–Trinajstić information content (AvgIpc) is 2.64. The van der Waals surface area contributed by atoms with Crippen LogP contribution in [0, 0.1) is 0 Å². The Hall–Kier alpha value is -0.580. The lowest BCUT2D eigenvalue weighted by Crippen LogP contribution is -2.43. The summed E-state index contributed by atoms with van der Waals surface area (Å²) in [5.74, 6) is 0.582. The number of likely N-dealkylation sites (N-methyl/N-ethyl adjacent to an activating group) is 1. The van der Waals surface area contributed by atoms with Gasteiger partial charge in [-0.25, -0.2) is 0 Å². The molecule has 0 atom stereocenters. The van der Waals surface area contributed by atoms with Gasteiger partial charge in [0.15, 0.2) is 6.29 Å². The number of aldehydes is 1. The summed E-state index contributed by atoms with van der Waals surface area (Å²) in [6.45, 7) is 4.91. The number of hydrogen-bond donors (Lipinski definition) is 0. The van der Waals surface area contributed by atoms with Gasteiger partial charge in [-0.15, -0.1) is 0 Å². The topological polar surface area (TPSA) is 26.3 Å². The maximum absolute atomic E-state index is 11.2. The molecule has 0 aliphatic heterocycles. The first-order chi connectivity index (χ1) is 13.4. The number of halogens is 2. The largest absolute Gasteiger partial charge is 0.486 e. The van der Waals surface area contributed by atoms with Crippen molar-refractivity contribution in [1.82, 2.24) is 0 Å². The van der Waals surface area contributed by atoms with Crippen LogP contribution in [0.2, 0.25) is 5.02 Å². The van der Waals surface area contributed by atoms with Crippen molar-refractivity contribution in [2.75, 3.05) is 33.8 Å². The normalized spacial score (nSPS) is 11.6. The third-order valence-electron chi connectivity index (χ3n) is 5.22. The fourth-order valence-electron chi connectivity index (χ4n) is 3.35. The van der Waals surface area contributed by atoms with E-state index in [1.54, 1.807) is 12.1 Å². The van der Waals surface area contributed by atoms with E-state index in [1.165, 1.54) is 64.2 Å². The van der Waals surface area contributed by atoms with Crippen LogP contribution in [-0.4, -0.2) is 44.6 Å². The van der Waals surface area contributed by atoms with E-state index in [4.69, 9.17) is 16.3 Å². The van der Waals surface area contributed by atoms with Crippen LogP contribution in [0.1, 0.15) is 81.5 Å². The van der Waals surface area contributed by atoms with Crippen LogP contribution in [0.15, 0.2) is 16.6 Å². The molecular weight excluding hydrogens is 438 g/mol. The zero-order valence-electron chi connectivity index (χ0n) is 17.9. The Kier molecular flexibility index (Phi) is 13.1. The lowest BCUT2D eigenvalue weighted by Gasteiger charge is -2.30. The molecule has 28 heavy (non-hydrogen) atoms. The highest BCUT2D eigenvalue weighted by atomic mass is 79.9. The van der Waals surface area contributed by atoms with Gasteiger partial charge in [-0.05, 0) is 40.9 Å². The third kappa shape index (κ3) is 10.8. The van der Waals surface area contributed by atoms with Gasteiger partial charge in [0, 0.05) is 5.02 Å². The zero-order valence-corrected chi connectivity index (χ0v) is 20.3. The fourth-order valence-corrected chi connectivity index (χ4v) is 4.30. The standard InChI is InChI=1S/C23H38BrClNO2/c1-4-5-6-7-8-9-10-11-12-13-14-26(2,3)15-16-28-23-20(19-27)17-21(25)18-22(23)24/h17-19H,4-16H2,1-3H3/q+1. The molecule has 0 spiro atoms. The van der Waals surface area contributed by atoms with Gasteiger partial charge in [0.05, 0.1) is 30.7 Å². The minimum absolute atomic E-state index is 0.486. The second-order valence-corrected chi connectivity index (χ2v) is 9.63.